The first-order valence-electron chi connectivity index (χ1n) is 8.14. The molecule has 0 aromatic heterocycles. The number of nitro groups is 1. The van der Waals surface area contributed by atoms with Crippen LogP contribution in [-0.2, 0) is 4.79 Å². The summed E-state index contributed by atoms with van der Waals surface area (Å²) in [6, 6.07) is 11.6. The van der Waals surface area contributed by atoms with Gasteiger partial charge in [0.15, 0.2) is 12.4 Å². The maximum atomic E-state index is 12.7. The number of amides is 1. The fraction of sp³-hybridized carbons (Fsp3) is 0.263. The monoisotopic (exact) mass is 387 g/mol. The van der Waals surface area contributed by atoms with Gasteiger partial charge in [-0.2, -0.15) is 5.26 Å². The smallest absolute Gasteiger partial charge is 0.312 e. The van der Waals surface area contributed by atoms with Gasteiger partial charge >= 0.3 is 5.69 Å². The number of carbonyl (C=O) groups excluding carboxylic acids is 1. The number of rotatable bonds is 7. The molecular formula is C19H18ClN3O4. The molecule has 1 amide bonds. The lowest BCUT2D eigenvalue weighted by Gasteiger charge is -2.23. The molecule has 8 heteroatoms. The molecule has 0 atom stereocenters. The van der Waals surface area contributed by atoms with Crippen LogP contribution in [0.5, 0.6) is 5.75 Å². The van der Waals surface area contributed by atoms with E-state index in [1.165, 1.54) is 23.1 Å². The number of nitro benzene ring substituents is 1. The van der Waals surface area contributed by atoms with Crippen molar-refractivity contribution in [2.75, 3.05) is 18.1 Å². The van der Waals surface area contributed by atoms with E-state index in [-0.39, 0.29) is 29.4 Å². The van der Waals surface area contributed by atoms with E-state index in [1.807, 2.05) is 38.1 Å². The van der Waals surface area contributed by atoms with E-state index in [0.29, 0.717) is 5.69 Å². The third kappa shape index (κ3) is 5.43. The van der Waals surface area contributed by atoms with Gasteiger partial charge in [-0.15, -0.1) is 0 Å². The minimum absolute atomic E-state index is 0.0431. The van der Waals surface area contributed by atoms with Crippen molar-refractivity contribution in [1.29, 1.82) is 5.26 Å². The summed E-state index contributed by atoms with van der Waals surface area (Å²) in [5, 5.41) is 20.2. The van der Waals surface area contributed by atoms with Crippen LogP contribution in [-0.4, -0.2) is 24.0 Å². The highest BCUT2D eigenvalue weighted by Crippen LogP contribution is 2.30. The van der Waals surface area contributed by atoms with Crippen LogP contribution in [0.15, 0.2) is 36.4 Å². The van der Waals surface area contributed by atoms with Gasteiger partial charge in [0.25, 0.3) is 5.91 Å². The number of hydrogen-bond acceptors (Lipinski definition) is 5. The lowest BCUT2D eigenvalue weighted by molar-refractivity contribution is -0.385. The van der Waals surface area contributed by atoms with Crippen molar-refractivity contribution >= 4 is 28.9 Å². The first-order valence-corrected chi connectivity index (χ1v) is 8.52. The van der Waals surface area contributed by atoms with Gasteiger partial charge in [-0.25, -0.2) is 0 Å². The second-order valence-corrected chi connectivity index (χ2v) is 6.39. The molecule has 140 valence electrons. The molecule has 2 aromatic carbocycles. The molecule has 2 aromatic rings. The van der Waals surface area contributed by atoms with Gasteiger partial charge in [-0.1, -0.05) is 17.7 Å². The van der Waals surface area contributed by atoms with E-state index in [4.69, 9.17) is 21.6 Å². The second kappa shape index (κ2) is 9.01. The SMILES string of the molecule is Cc1cc(C)cc(N(CCC#N)C(=O)COc2ccc(Cl)cc2[N+](=O)[O-])c1. The number of ether oxygens (including phenoxy) is 1. The first-order chi connectivity index (χ1) is 12.8. The average Bonchev–Trinajstić information content (AvgIpc) is 2.60. The summed E-state index contributed by atoms with van der Waals surface area (Å²) in [5.74, 6) is -0.446. The molecule has 0 aliphatic heterocycles. The Hall–Kier alpha value is -3.11. The van der Waals surface area contributed by atoms with Crippen LogP contribution < -0.4 is 9.64 Å². The van der Waals surface area contributed by atoms with Crippen molar-refractivity contribution < 1.29 is 14.5 Å². The zero-order valence-corrected chi connectivity index (χ0v) is 15.7. The number of nitrogens with zero attached hydrogens (tertiary/aromatic N) is 3. The molecule has 7 nitrogen and oxygen atoms in total. The minimum atomic E-state index is -0.622. The maximum absolute atomic E-state index is 12.7. The molecule has 27 heavy (non-hydrogen) atoms. The van der Waals surface area contributed by atoms with Crippen LogP contribution in [0.3, 0.4) is 0 Å². The molecule has 0 heterocycles. The van der Waals surface area contributed by atoms with Crippen LogP contribution in [0.25, 0.3) is 0 Å². The summed E-state index contributed by atoms with van der Waals surface area (Å²) in [7, 11) is 0. The molecule has 0 saturated heterocycles. The summed E-state index contributed by atoms with van der Waals surface area (Å²) in [6.07, 6.45) is 0.153. The second-order valence-electron chi connectivity index (χ2n) is 5.96. The van der Waals surface area contributed by atoms with Crippen molar-refractivity contribution in [3.8, 4) is 11.8 Å². The lowest BCUT2D eigenvalue weighted by atomic mass is 10.1. The van der Waals surface area contributed by atoms with Crippen molar-refractivity contribution in [2.45, 2.75) is 20.3 Å². The van der Waals surface area contributed by atoms with Gasteiger partial charge in [-0.3, -0.25) is 14.9 Å². The van der Waals surface area contributed by atoms with Crippen molar-refractivity contribution in [3.05, 3.63) is 62.7 Å². The topological polar surface area (TPSA) is 96.5 Å². The Kier molecular flexibility index (Phi) is 6.74. The number of nitriles is 1. The predicted molar refractivity (Wildman–Crippen MR) is 102 cm³/mol. The Morgan fingerprint density at radius 2 is 1.93 bits per heavy atom. The Labute approximate surface area is 161 Å². The van der Waals surface area contributed by atoms with Gasteiger partial charge in [0.2, 0.25) is 0 Å². The molecule has 0 aliphatic rings. The van der Waals surface area contributed by atoms with E-state index in [9.17, 15) is 14.9 Å². The molecule has 0 spiro atoms. The summed E-state index contributed by atoms with van der Waals surface area (Å²) < 4.78 is 5.38. The molecule has 0 fully saturated rings. The van der Waals surface area contributed by atoms with Crippen LogP contribution in [0, 0.1) is 35.3 Å². The highest BCUT2D eigenvalue weighted by molar-refractivity contribution is 6.30. The number of carbonyl (C=O) groups is 1. The minimum Gasteiger partial charge on any atom is -0.477 e. The average molecular weight is 388 g/mol. The molecule has 0 bridgehead atoms. The fourth-order valence-corrected chi connectivity index (χ4v) is 2.81. The maximum Gasteiger partial charge on any atom is 0.312 e. The zero-order valence-electron chi connectivity index (χ0n) is 14.9. The highest BCUT2D eigenvalue weighted by Gasteiger charge is 2.20. The van der Waals surface area contributed by atoms with Crippen LogP contribution >= 0.6 is 11.6 Å². The van der Waals surface area contributed by atoms with E-state index in [2.05, 4.69) is 0 Å². The van der Waals surface area contributed by atoms with Crippen LogP contribution in [0.1, 0.15) is 17.5 Å². The Balaban J connectivity index is 2.22. The first kappa shape index (κ1) is 20.2. The number of aryl methyl sites for hydroxylation is 2. The zero-order chi connectivity index (χ0) is 20.0. The molecular weight excluding hydrogens is 370 g/mol. The molecule has 0 unspecified atom stereocenters. The quantitative estimate of drug-likeness (QED) is 0.524. The predicted octanol–water partition coefficient (Wildman–Crippen LogP) is 4.19. The molecule has 0 radical (unpaired) electrons. The number of halogens is 1. The standard InChI is InChI=1S/C19H18ClN3O4/c1-13-8-14(2)10-16(9-13)22(7-3-6-21)19(24)12-27-18-5-4-15(20)11-17(18)23(25)26/h4-5,8-11H,3,7,12H2,1-2H3. The van der Waals surface area contributed by atoms with Crippen LogP contribution in [0.2, 0.25) is 5.02 Å². The van der Waals surface area contributed by atoms with E-state index in [0.717, 1.165) is 11.1 Å². The van der Waals surface area contributed by atoms with Gasteiger partial charge < -0.3 is 9.64 Å². The van der Waals surface area contributed by atoms with Crippen molar-refractivity contribution in [3.63, 3.8) is 0 Å². The summed E-state index contributed by atoms with van der Waals surface area (Å²) in [5.41, 5.74) is 2.30. The van der Waals surface area contributed by atoms with E-state index < -0.39 is 17.4 Å². The molecule has 0 aliphatic carbocycles. The highest BCUT2D eigenvalue weighted by atomic mass is 35.5. The third-order valence-electron chi connectivity index (χ3n) is 3.74. The number of hydrogen-bond donors (Lipinski definition) is 0. The van der Waals surface area contributed by atoms with Crippen LogP contribution in [0.4, 0.5) is 11.4 Å². The van der Waals surface area contributed by atoms with Crippen molar-refractivity contribution in [2.24, 2.45) is 0 Å². The Morgan fingerprint density at radius 1 is 1.26 bits per heavy atom. The molecule has 2 rings (SSSR count). The van der Waals surface area contributed by atoms with E-state index in [1.54, 1.807) is 0 Å². The normalized spacial score (nSPS) is 10.1. The fourth-order valence-electron chi connectivity index (χ4n) is 2.64. The number of anilines is 1. The van der Waals surface area contributed by atoms with Crippen molar-refractivity contribution in [1.82, 2.24) is 0 Å². The summed E-state index contributed by atoms with van der Waals surface area (Å²) in [4.78, 5) is 24.6. The van der Waals surface area contributed by atoms with Gasteiger partial charge in [0, 0.05) is 23.3 Å². The third-order valence-corrected chi connectivity index (χ3v) is 3.97. The van der Waals surface area contributed by atoms with Gasteiger partial charge in [-0.05, 0) is 49.2 Å². The molecule has 0 saturated carbocycles. The van der Waals surface area contributed by atoms with Gasteiger partial charge in [0.1, 0.15) is 0 Å². The summed E-state index contributed by atoms with van der Waals surface area (Å²) in [6.45, 7) is 3.62. The lowest BCUT2D eigenvalue weighted by Crippen LogP contribution is -2.36. The number of benzene rings is 2. The largest absolute Gasteiger partial charge is 0.477 e. The Morgan fingerprint density at radius 3 is 2.52 bits per heavy atom. The van der Waals surface area contributed by atoms with Gasteiger partial charge in [0.05, 0.1) is 17.4 Å². The van der Waals surface area contributed by atoms with E-state index >= 15 is 0 Å². The Bertz CT molecular complexity index is 888. The summed E-state index contributed by atoms with van der Waals surface area (Å²) >= 11 is 5.78. The molecule has 0 N–H and O–H groups in total.